The van der Waals surface area contributed by atoms with E-state index in [2.05, 4.69) is 43.1 Å². The van der Waals surface area contributed by atoms with E-state index in [0.29, 0.717) is 12.2 Å². The van der Waals surface area contributed by atoms with E-state index in [-0.39, 0.29) is 17.4 Å². The molecule has 1 fully saturated rings. The zero-order chi connectivity index (χ0) is 19.9. The first-order valence-corrected chi connectivity index (χ1v) is 9.63. The fourth-order valence-electron chi connectivity index (χ4n) is 3.64. The lowest BCUT2D eigenvalue weighted by Crippen LogP contribution is -2.40. The molecule has 7 nitrogen and oxygen atoms in total. The minimum absolute atomic E-state index is 0.146. The lowest BCUT2D eigenvalue weighted by Gasteiger charge is -2.25. The maximum absolute atomic E-state index is 13.0. The monoisotopic (exact) mass is 378 g/mol. The number of hydrogen-bond donors (Lipinski definition) is 0. The van der Waals surface area contributed by atoms with Crippen LogP contribution < -0.4 is 4.90 Å². The first kappa shape index (κ1) is 18.4. The zero-order valence-electron chi connectivity index (χ0n) is 16.8. The summed E-state index contributed by atoms with van der Waals surface area (Å²) in [5.41, 5.74) is 1.70. The smallest absolute Gasteiger partial charge is 0.245 e. The maximum atomic E-state index is 13.0. The highest BCUT2D eigenvalue weighted by Gasteiger charge is 2.35. The number of fused-ring (bicyclic) bond motifs is 1. The van der Waals surface area contributed by atoms with Crippen molar-refractivity contribution >= 4 is 17.4 Å². The second-order valence-electron chi connectivity index (χ2n) is 8.40. The number of amides is 1. The molecule has 1 aliphatic rings. The van der Waals surface area contributed by atoms with Crippen molar-refractivity contribution in [2.24, 2.45) is 0 Å². The van der Waals surface area contributed by atoms with Gasteiger partial charge in [0, 0.05) is 25.6 Å². The minimum atomic E-state index is -0.205. The molecule has 1 amide bonds. The SMILES string of the molecule is CN(c1ccc2nnc(C(C)(C)C)n2n1)C1CCN(Cc2ccccc2)C1=O. The Morgan fingerprint density at radius 1 is 1.11 bits per heavy atom. The fraction of sp³-hybridized carbons (Fsp3) is 0.429. The van der Waals surface area contributed by atoms with Gasteiger partial charge in [-0.1, -0.05) is 51.1 Å². The van der Waals surface area contributed by atoms with Crippen LogP contribution in [-0.4, -0.2) is 50.3 Å². The van der Waals surface area contributed by atoms with Gasteiger partial charge in [-0.05, 0) is 24.1 Å². The van der Waals surface area contributed by atoms with Gasteiger partial charge >= 0.3 is 0 Å². The summed E-state index contributed by atoms with van der Waals surface area (Å²) >= 11 is 0. The van der Waals surface area contributed by atoms with E-state index in [4.69, 9.17) is 5.10 Å². The van der Waals surface area contributed by atoms with Gasteiger partial charge in [0.2, 0.25) is 5.91 Å². The molecule has 1 unspecified atom stereocenters. The molecular formula is C21H26N6O. The summed E-state index contributed by atoms with van der Waals surface area (Å²) in [5.74, 6) is 1.70. The van der Waals surface area contributed by atoms with E-state index in [1.807, 2.05) is 47.2 Å². The van der Waals surface area contributed by atoms with Gasteiger partial charge in [-0.3, -0.25) is 4.79 Å². The van der Waals surface area contributed by atoms with Gasteiger partial charge in [-0.2, -0.15) is 4.52 Å². The number of likely N-dealkylation sites (tertiary alicyclic amines) is 1. The number of anilines is 1. The fourth-order valence-corrected chi connectivity index (χ4v) is 3.64. The Morgan fingerprint density at radius 2 is 1.86 bits per heavy atom. The van der Waals surface area contributed by atoms with Gasteiger partial charge in [0.05, 0.1) is 0 Å². The molecule has 3 aromatic rings. The van der Waals surface area contributed by atoms with Gasteiger partial charge < -0.3 is 9.80 Å². The molecule has 0 spiro atoms. The van der Waals surface area contributed by atoms with Crippen LogP contribution in [-0.2, 0) is 16.8 Å². The third-order valence-electron chi connectivity index (χ3n) is 5.23. The summed E-state index contributed by atoms with van der Waals surface area (Å²) < 4.78 is 1.78. The summed E-state index contributed by atoms with van der Waals surface area (Å²) in [5, 5.41) is 13.2. The quantitative estimate of drug-likeness (QED) is 0.698. The van der Waals surface area contributed by atoms with Crippen LogP contribution in [0.15, 0.2) is 42.5 Å². The second kappa shape index (κ2) is 6.89. The molecule has 1 saturated heterocycles. The second-order valence-corrected chi connectivity index (χ2v) is 8.40. The number of aromatic nitrogens is 4. The zero-order valence-corrected chi connectivity index (χ0v) is 16.8. The predicted molar refractivity (Wildman–Crippen MR) is 108 cm³/mol. The van der Waals surface area contributed by atoms with Crippen molar-refractivity contribution in [1.82, 2.24) is 24.7 Å². The van der Waals surface area contributed by atoms with Crippen LogP contribution in [0.25, 0.3) is 5.65 Å². The Labute approximate surface area is 165 Å². The van der Waals surface area contributed by atoms with E-state index in [9.17, 15) is 4.79 Å². The van der Waals surface area contributed by atoms with Gasteiger partial charge in [0.15, 0.2) is 11.5 Å². The Kier molecular flexibility index (Phi) is 4.53. The number of carbonyl (C=O) groups is 1. The Hall–Kier alpha value is -2.96. The molecule has 28 heavy (non-hydrogen) atoms. The van der Waals surface area contributed by atoms with Crippen LogP contribution >= 0.6 is 0 Å². The van der Waals surface area contributed by atoms with Crippen LogP contribution in [0, 0.1) is 0 Å². The molecule has 146 valence electrons. The number of benzene rings is 1. The largest absolute Gasteiger partial charge is 0.346 e. The van der Waals surface area contributed by atoms with Gasteiger partial charge in [-0.25, -0.2) is 0 Å². The number of hydrogen-bond acceptors (Lipinski definition) is 5. The summed E-state index contributed by atoms with van der Waals surface area (Å²) in [4.78, 5) is 16.9. The van der Waals surface area contributed by atoms with Crippen LogP contribution in [0.2, 0.25) is 0 Å². The van der Waals surface area contributed by atoms with Crippen molar-refractivity contribution in [2.45, 2.75) is 45.2 Å². The highest BCUT2D eigenvalue weighted by Crippen LogP contribution is 2.25. The number of carbonyl (C=O) groups excluding carboxylic acids is 1. The molecule has 0 bridgehead atoms. The molecule has 0 N–H and O–H groups in total. The van der Waals surface area contributed by atoms with Crippen LogP contribution in [0.3, 0.4) is 0 Å². The minimum Gasteiger partial charge on any atom is -0.346 e. The van der Waals surface area contributed by atoms with E-state index in [1.54, 1.807) is 4.52 Å². The molecule has 4 rings (SSSR count). The average molecular weight is 378 g/mol. The average Bonchev–Trinajstić information content (AvgIpc) is 3.25. The molecule has 0 aliphatic carbocycles. The van der Waals surface area contributed by atoms with Gasteiger partial charge in [0.25, 0.3) is 0 Å². The topological polar surface area (TPSA) is 66.6 Å². The van der Waals surface area contributed by atoms with Crippen LogP contribution in [0.5, 0.6) is 0 Å². The van der Waals surface area contributed by atoms with Crippen molar-refractivity contribution in [1.29, 1.82) is 0 Å². The lowest BCUT2D eigenvalue weighted by atomic mass is 9.96. The van der Waals surface area contributed by atoms with Crippen molar-refractivity contribution in [2.75, 3.05) is 18.5 Å². The molecule has 2 aromatic heterocycles. The standard InChI is InChI=1S/C21H26N6O/c1-21(2,3)20-23-22-17-10-11-18(24-27(17)20)25(4)16-12-13-26(19(16)28)14-15-8-6-5-7-9-15/h5-11,16H,12-14H2,1-4H3. The number of rotatable bonds is 4. The van der Waals surface area contributed by atoms with Gasteiger partial charge in [-0.15, -0.1) is 15.3 Å². The van der Waals surface area contributed by atoms with Crippen molar-refractivity contribution in [3.05, 3.63) is 53.9 Å². The molecular weight excluding hydrogens is 352 g/mol. The van der Waals surface area contributed by atoms with Crippen LogP contribution in [0.1, 0.15) is 38.6 Å². The molecule has 1 aliphatic heterocycles. The lowest BCUT2D eigenvalue weighted by molar-refractivity contribution is -0.129. The molecule has 7 heteroatoms. The molecule has 1 aromatic carbocycles. The van der Waals surface area contributed by atoms with Crippen molar-refractivity contribution in [3.63, 3.8) is 0 Å². The Morgan fingerprint density at radius 3 is 2.57 bits per heavy atom. The summed E-state index contributed by atoms with van der Waals surface area (Å²) in [6.07, 6.45) is 0.788. The maximum Gasteiger partial charge on any atom is 0.245 e. The third kappa shape index (κ3) is 3.32. The van der Waals surface area contributed by atoms with E-state index >= 15 is 0 Å². The summed E-state index contributed by atoms with van der Waals surface area (Å²) in [7, 11) is 1.93. The number of nitrogens with zero attached hydrogens (tertiary/aromatic N) is 6. The molecule has 1 atom stereocenters. The first-order chi connectivity index (χ1) is 13.3. The Balaban J connectivity index is 1.56. The van der Waals surface area contributed by atoms with Crippen molar-refractivity contribution in [3.8, 4) is 0 Å². The Bertz CT molecular complexity index is 991. The molecule has 3 heterocycles. The van der Waals surface area contributed by atoms with E-state index in [0.717, 1.165) is 30.2 Å². The van der Waals surface area contributed by atoms with E-state index < -0.39 is 0 Å². The van der Waals surface area contributed by atoms with Gasteiger partial charge in [0.1, 0.15) is 11.9 Å². The molecule has 0 saturated carbocycles. The normalized spacial score (nSPS) is 17.5. The summed E-state index contributed by atoms with van der Waals surface area (Å²) in [6, 6.07) is 13.7. The highest BCUT2D eigenvalue weighted by atomic mass is 16.2. The highest BCUT2D eigenvalue weighted by molar-refractivity contribution is 5.87. The van der Waals surface area contributed by atoms with Crippen molar-refractivity contribution < 1.29 is 4.79 Å². The first-order valence-electron chi connectivity index (χ1n) is 9.63. The third-order valence-corrected chi connectivity index (χ3v) is 5.23. The molecule has 0 radical (unpaired) electrons. The van der Waals surface area contributed by atoms with Crippen LogP contribution in [0.4, 0.5) is 5.82 Å². The predicted octanol–water partition coefficient (Wildman–Crippen LogP) is 2.66. The summed E-state index contributed by atoms with van der Waals surface area (Å²) in [6.45, 7) is 7.66. The number of likely N-dealkylation sites (N-methyl/N-ethyl adjacent to an activating group) is 1. The van der Waals surface area contributed by atoms with E-state index in [1.165, 1.54) is 0 Å².